The summed E-state index contributed by atoms with van der Waals surface area (Å²) in [5.41, 5.74) is 1.14. The molecule has 10 heteroatoms. The minimum Gasteiger partial charge on any atom is -0.504 e. The van der Waals surface area contributed by atoms with Crippen LogP contribution in [0.1, 0.15) is 34.8 Å². The molecular formula is C21H23N5O4S. The highest BCUT2D eigenvalue weighted by Gasteiger charge is 2.24. The smallest absolute Gasteiger partial charge is 0.322 e. The molecule has 0 atom stereocenters. The van der Waals surface area contributed by atoms with Gasteiger partial charge in [0.05, 0.1) is 15.9 Å². The normalized spacial score (nSPS) is 14.7. The molecule has 1 aromatic carbocycles. The van der Waals surface area contributed by atoms with Crippen molar-refractivity contribution in [2.24, 2.45) is 5.92 Å². The van der Waals surface area contributed by atoms with Crippen LogP contribution < -0.4 is 10.2 Å². The van der Waals surface area contributed by atoms with Crippen molar-refractivity contribution in [2.75, 3.05) is 24.5 Å². The maximum absolute atomic E-state index is 12.2. The van der Waals surface area contributed by atoms with Gasteiger partial charge >= 0.3 is 5.97 Å². The number of aromatic nitrogens is 3. The van der Waals surface area contributed by atoms with Gasteiger partial charge in [-0.15, -0.1) is 0 Å². The van der Waals surface area contributed by atoms with Crippen LogP contribution in [-0.2, 0) is 11.2 Å². The van der Waals surface area contributed by atoms with Gasteiger partial charge < -0.3 is 20.4 Å². The molecule has 1 amide bonds. The summed E-state index contributed by atoms with van der Waals surface area (Å²) in [6.07, 6.45) is 2.48. The predicted octanol–water partition coefficient (Wildman–Crippen LogP) is 2.37. The second-order valence-corrected chi connectivity index (χ2v) is 8.61. The van der Waals surface area contributed by atoms with E-state index in [-0.39, 0.29) is 11.4 Å². The van der Waals surface area contributed by atoms with Crippen LogP contribution in [0.15, 0.2) is 24.3 Å². The van der Waals surface area contributed by atoms with Crippen molar-refractivity contribution in [2.45, 2.75) is 26.2 Å². The highest BCUT2D eigenvalue weighted by Crippen LogP contribution is 2.32. The third kappa shape index (κ3) is 4.74. The fourth-order valence-corrected chi connectivity index (χ4v) is 4.71. The summed E-state index contributed by atoms with van der Waals surface area (Å²) < 4.78 is 1.18. The first kappa shape index (κ1) is 21.0. The predicted molar refractivity (Wildman–Crippen MR) is 117 cm³/mol. The van der Waals surface area contributed by atoms with Crippen molar-refractivity contribution in [1.82, 2.24) is 20.3 Å². The van der Waals surface area contributed by atoms with Gasteiger partial charge in [-0.1, -0.05) is 23.5 Å². The van der Waals surface area contributed by atoms with Gasteiger partial charge in [0.2, 0.25) is 0 Å². The molecule has 0 radical (unpaired) electrons. The molecule has 0 spiro atoms. The van der Waals surface area contributed by atoms with Crippen LogP contribution in [0.25, 0.3) is 10.2 Å². The number of nitrogens with one attached hydrogen (secondary N) is 1. The maximum Gasteiger partial charge on any atom is 0.322 e. The lowest BCUT2D eigenvalue weighted by Crippen LogP contribution is -2.34. The molecule has 31 heavy (non-hydrogen) atoms. The summed E-state index contributed by atoms with van der Waals surface area (Å²) in [6, 6.07) is 8.12. The number of benzene rings is 1. The topological polar surface area (TPSA) is 129 Å². The molecular weight excluding hydrogens is 418 g/mol. The van der Waals surface area contributed by atoms with Gasteiger partial charge in [-0.2, -0.15) is 0 Å². The molecule has 162 valence electrons. The van der Waals surface area contributed by atoms with Crippen LogP contribution in [0.4, 0.5) is 5.13 Å². The molecule has 1 aliphatic heterocycles. The summed E-state index contributed by atoms with van der Waals surface area (Å²) in [7, 11) is 0. The van der Waals surface area contributed by atoms with Crippen LogP contribution >= 0.6 is 11.3 Å². The van der Waals surface area contributed by atoms with Crippen LogP contribution in [0.3, 0.4) is 0 Å². The molecule has 3 aromatic rings. The molecule has 1 aliphatic rings. The number of hydrogen-bond acceptors (Lipinski definition) is 8. The summed E-state index contributed by atoms with van der Waals surface area (Å²) in [4.78, 5) is 38.5. The summed E-state index contributed by atoms with van der Waals surface area (Å²) in [6.45, 7) is 2.83. The van der Waals surface area contributed by atoms with Gasteiger partial charge in [0.25, 0.3) is 5.91 Å². The van der Waals surface area contributed by atoms with Crippen molar-refractivity contribution >= 4 is 38.6 Å². The first-order valence-electron chi connectivity index (χ1n) is 10.1. The average Bonchev–Trinajstić information content (AvgIpc) is 3.19. The number of anilines is 1. The lowest BCUT2D eigenvalue weighted by atomic mass is 9.93. The number of para-hydroxylation sites is 1. The molecule has 1 saturated heterocycles. The van der Waals surface area contributed by atoms with Crippen LogP contribution in [0.5, 0.6) is 5.75 Å². The number of thiazole rings is 1. The van der Waals surface area contributed by atoms with E-state index in [9.17, 15) is 14.7 Å². The van der Waals surface area contributed by atoms with E-state index in [0.29, 0.717) is 23.9 Å². The number of rotatable bonds is 6. The maximum atomic E-state index is 12.2. The van der Waals surface area contributed by atoms with E-state index >= 15 is 0 Å². The SMILES string of the molecule is Cc1nc(CC2CCN(c3nc4ccccc4s3)CC2)nc(C(=O)NCC(=O)O)c1O. The minimum atomic E-state index is -1.17. The second-order valence-electron chi connectivity index (χ2n) is 7.60. The number of carboxylic acids is 1. The minimum absolute atomic E-state index is 0.185. The van der Waals surface area contributed by atoms with E-state index in [1.165, 1.54) is 4.70 Å². The van der Waals surface area contributed by atoms with E-state index in [1.807, 2.05) is 18.2 Å². The third-order valence-corrected chi connectivity index (χ3v) is 6.46. The number of aryl methyl sites for hydroxylation is 1. The monoisotopic (exact) mass is 441 g/mol. The van der Waals surface area contributed by atoms with Crippen molar-refractivity contribution in [3.8, 4) is 5.75 Å². The van der Waals surface area contributed by atoms with Gasteiger partial charge in [-0.25, -0.2) is 15.0 Å². The lowest BCUT2D eigenvalue weighted by molar-refractivity contribution is -0.135. The Labute approximate surface area is 182 Å². The number of piperidine rings is 1. The quantitative estimate of drug-likeness (QED) is 0.532. The van der Waals surface area contributed by atoms with Gasteiger partial charge in [0, 0.05) is 19.5 Å². The van der Waals surface area contributed by atoms with Crippen molar-refractivity contribution in [3.05, 3.63) is 41.5 Å². The number of amides is 1. The molecule has 0 unspecified atom stereocenters. The van der Waals surface area contributed by atoms with E-state index in [1.54, 1.807) is 18.3 Å². The zero-order valence-electron chi connectivity index (χ0n) is 17.0. The summed E-state index contributed by atoms with van der Waals surface area (Å²) in [5, 5.41) is 22.1. The molecule has 0 saturated carbocycles. The Morgan fingerprint density at radius 3 is 2.65 bits per heavy atom. The first-order chi connectivity index (χ1) is 14.9. The Morgan fingerprint density at radius 2 is 1.94 bits per heavy atom. The Kier molecular flexibility index (Phi) is 5.99. The van der Waals surface area contributed by atoms with E-state index in [4.69, 9.17) is 10.1 Å². The fraction of sp³-hybridized carbons (Fsp3) is 0.381. The summed E-state index contributed by atoms with van der Waals surface area (Å²) in [5.74, 6) is -1.38. The van der Waals surface area contributed by atoms with Crippen molar-refractivity contribution in [3.63, 3.8) is 0 Å². The van der Waals surface area contributed by atoms with Gasteiger partial charge in [0.1, 0.15) is 12.4 Å². The van der Waals surface area contributed by atoms with Crippen LogP contribution in [0, 0.1) is 12.8 Å². The number of fused-ring (bicyclic) bond motifs is 1. The van der Waals surface area contributed by atoms with Crippen LogP contribution in [-0.4, -0.2) is 56.7 Å². The molecule has 1 fully saturated rings. The molecule has 2 aromatic heterocycles. The number of carbonyl (C=O) groups excluding carboxylic acids is 1. The average molecular weight is 442 g/mol. The Hall–Kier alpha value is -3.27. The third-order valence-electron chi connectivity index (χ3n) is 5.36. The summed E-state index contributed by atoms with van der Waals surface area (Å²) >= 11 is 1.70. The highest BCUT2D eigenvalue weighted by molar-refractivity contribution is 7.22. The molecule has 4 rings (SSSR count). The molecule has 3 N–H and O–H groups in total. The first-order valence-corrected chi connectivity index (χ1v) is 10.9. The standard InChI is InChI=1S/C21H23N5O4S/c1-12-19(29)18(20(30)22-11-17(27)28)25-16(23-12)10-13-6-8-26(9-7-13)21-24-14-4-2-3-5-15(14)31-21/h2-5,13,29H,6-11H2,1H3,(H,22,30)(H,27,28). The zero-order valence-corrected chi connectivity index (χ0v) is 17.9. The Bertz CT molecular complexity index is 1090. The van der Waals surface area contributed by atoms with E-state index in [0.717, 1.165) is 36.6 Å². The molecule has 0 aliphatic carbocycles. The Balaban J connectivity index is 1.41. The lowest BCUT2D eigenvalue weighted by Gasteiger charge is -2.31. The van der Waals surface area contributed by atoms with Crippen molar-refractivity contribution in [1.29, 1.82) is 0 Å². The van der Waals surface area contributed by atoms with E-state index in [2.05, 4.69) is 26.3 Å². The molecule has 0 bridgehead atoms. The van der Waals surface area contributed by atoms with Gasteiger partial charge in [-0.3, -0.25) is 9.59 Å². The van der Waals surface area contributed by atoms with Gasteiger partial charge in [-0.05, 0) is 37.8 Å². The van der Waals surface area contributed by atoms with Crippen molar-refractivity contribution < 1.29 is 19.8 Å². The fourth-order valence-electron chi connectivity index (χ4n) is 3.70. The number of aromatic hydroxyl groups is 1. The number of carboxylic acid groups (broad SMARTS) is 1. The second kappa shape index (κ2) is 8.84. The number of aliphatic carboxylic acids is 1. The largest absolute Gasteiger partial charge is 0.504 e. The van der Waals surface area contributed by atoms with E-state index < -0.39 is 18.4 Å². The highest BCUT2D eigenvalue weighted by atomic mass is 32.1. The number of hydrogen-bond donors (Lipinski definition) is 3. The number of nitrogens with zero attached hydrogens (tertiary/aromatic N) is 4. The molecule has 3 heterocycles. The molecule has 9 nitrogen and oxygen atoms in total. The number of carbonyl (C=O) groups is 2. The Morgan fingerprint density at radius 1 is 1.19 bits per heavy atom. The van der Waals surface area contributed by atoms with Crippen LogP contribution in [0.2, 0.25) is 0 Å². The van der Waals surface area contributed by atoms with Gasteiger partial charge in [0.15, 0.2) is 16.6 Å². The zero-order chi connectivity index (χ0) is 22.0.